The van der Waals surface area contributed by atoms with Crippen molar-refractivity contribution in [2.24, 2.45) is 0 Å². The van der Waals surface area contributed by atoms with Gasteiger partial charge in [-0.2, -0.15) is 0 Å². The summed E-state index contributed by atoms with van der Waals surface area (Å²) in [7, 11) is 0. The van der Waals surface area contributed by atoms with Crippen LogP contribution in [0.5, 0.6) is 0 Å². The largest absolute Gasteiger partial charge is 0.465 e. The predicted octanol–water partition coefficient (Wildman–Crippen LogP) is 2.42. The summed E-state index contributed by atoms with van der Waals surface area (Å²) >= 11 is 0. The molecule has 0 unspecified atom stereocenters. The number of carbonyl (C=O) groups excluding carboxylic acids is 1. The van der Waals surface area contributed by atoms with E-state index in [1.165, 1.54) is 4.68 Å². The lowest BCUT2D eigenvalue weighted by molar-refractivity contribution is -0.144. The van der Waals surface area contributed by atoms with E-state index in [-0.39, 0.29) is 31.4 Å². The summed E-state index contributed by atoms with van der Waals surface area (Å²) in [5, 5.41) is 22.5. The van der Waals surface area contributed by atoms with Crippen molar-refractivity contribution in [1.29, 1.82) is 0 Å². The second kappa shape index (κ2) is 11.8. The summed E-state index contributed by atoms with van der Waals surface area (Å²) in [4.78, 5) is 30.2. The average Bonchev–Trinajstić information content (AvgIpc) is 3.23. The van der Waals surface area contributed by atoms with Gasteiger partial charge in [-0.3, -0.25) is 14.5 Å². The first kappa shape index (κ1) is 25.5. The molecule has 0 fully saturated rings. The van der Waals surface area contributed by atoms with E-state index in [1.54, 1.807) is 6.92 Å². The maximum Gasteiger partial charge on any atom is 0.327 e. The number of hydrogen-bond donors (Lipinski definition) is 2. The van der Waals surface area contributed by atoms with Gasteiger partial charge in [-0.05, 0) is 67.1 Å². The van der Waals surface area contributed by atoms with Gasteiger partial charge < -0.3 is 14.8 Å². The highest BCUT2D eigenvalue weighted by Crippen LogP contribution is 2.26. The van der Waals surface area contributed by atoms with E-state index < -0.39 is 5.97 Å². The van der Waals surface area contributed by atoms with Crippen LogP contribution in [-0.4, -0.2) is 60.9 Å². The van der Waals surface area contributed by atoms with Crippen LogP contribution in [0.15, 0.2) is 23.0 Å². The number of nitrogens with one attached hydrogen (secondary N) is 1. The van der Waals surface area contributed by atoms with Crippen molar-refractivity contribution < 1.29 is 14.6 Å². The molecule has 184 valence electrons. The van der Waals surface area contributed by atoms with Gasteiger partial charge in [0.2, 0.25) is 0 Å². The lowest BCUT2D eigenvalue weighted by Crippen LogP contribution is -2.34. The van der Waals surface area contributed by atoms with Gasteiger partial charge in [0, 0.05) is 25.3 Å². The zero-order valence-corrected chi connectivity index (χ0v) is 20.4. The van der Waals surface area contributed by atoms with Gasteiger partial charge in [0.1, 0.15) is 6.54 Å². The molecule has 3 aromatic rings. The Balaban J connectivity index is 1.98. The fourth-order valence-electron chi connectivity index (χ4n) is 4.33. The number of aromatic nitrogens is 5. The van der Waals surface area contributed by atoms with Crippen molar-refractivity contribution >= 4 is 16.9 Å². The van der Waals surface area contributed by atoms with Gasteiger partial charge in [0.15, 0.2) is 5.82 Å². The fraction of sp³-hybridized carbons (Fsp3) is 0.542. The second-order valence-electron chi connectivity index (χ2n) is 8.52. The van der Waals surface area contributed by atoms with Crippen LogP contribution < -0.4 is 5.56 Å². The van der Waals surface area contributed by atoms with Crippen LogP contribution in [0, 0.1) is 13.8 Å². The quantitative estimate of drug-likeness (QED) is 0.387. The van der Waals surface area contributed by atoms with Gasteiger partial charge >= 0.3 is 5.97 Å². The third kappa shape index (κ3) is 6.06. The zero-order valence-electron chi connectivity index (χ0n) is 20.4. The Morgan fingerprint density at radius 2 is 2.06 bits per heavy atom. The van der Waals surface area contributed by atoms with Gasteiger partial charge in [0.25, 0.3) is 5.56 Å². The Morgan fingerprint density at radius 1 is 1.26 bits per heavy atom. The van der Waals surface area contributed by atoms with Crippen molar-refractivity contribution in [3.8, 4) is 0 Å². The van der Waals surface area contributed by atoms with Crippen LogP contribution in [0.1, 0.15) is 61.7 Å². The second-order valence-corrected chi connectivity index (χ2v) is 8.52. The van der Waals surface area contributed by atoms with Crippen LogP contribution >= 0.6 is 0 Å². The van der Waals surface area contributed by atoms with E-state index >= 15 is 0 Å². The number of aliphatic hydroxyl groups is 1. The number of tetrazole rings is 1. The SMILES string of the molecule is CCC[C@@H](c1nnnn1CC(=O)OCC)N(CCCO)Cc1cc2cc(C)cc(C)c2[nH]c1=O. The molecule has 0 saturated carbocycles. The molecule has 10 nitrogen and oxygen atoms in total. The molecule has 0 saturated heterocycles. The number of carbonyl (C=O) groups is 1. The Hall–Kier alpha value is -3.11. The van der Waals surface area contributed by atoms with E-state index in [4.69, 9.17) is 4.74 Å². The molecule has 2 aromatic heterocycles. The number of nitrogens with zero attached hydrogens (tertiary/aromatic N) is 5. The molecular formula is C24H34N6O4. The molecule has 0 aliphatic heterocycles. The normalized spacial score (nSPS) is 12.4. The van der Waals surface area contributed by atoms with Crippen molar-refractivity contribution in [1.82, 2.24) is 30.1 Å². The van der Waals surface area contributed by atoms with E-state index in [0.29, 0.717) is 30.9 Å². The number of hydrogen-bond acceptors (Lipinski definition) is 8. The molecule has 2 N–H and O–H groups in total. The number of benzene rings is 1. The third-order valence-corrected chi connectivity index (χ3v) is 5.79. The van der Waals surface area contributed by atoms with E-state index in [2.05, 4.69) is 38.4 Å². The molecule has 1 atom stereocenters. The minimum absolute atomic E-state index is 0.0234. The molecule has 0 aliphatic rings. The number of rotatable bonds is 12. The van der Waals surface area contributed by atoms with Crippen LogP contribution in [0.25, 0.3) is 10.9 Å². The number of ether oxygens (including phenoxy) is 1. The molecular weight excluding hydrogens is 436 g/mol. The van der Waals surface area contributed by atoms with Gasteiger partial charge in [0.05, 0.1) is 18.2 Å². The minimum Gasteiger partial charge on any atom is -0.465 e. The minimum atomic E-state index is -0.412. The summed E-state index contributed by atoms with van der Waals surface area (Å²) in [6, 6.07) is 5.80. The molecule has 0 bridgehead atoms. The lowest BCUT2D eigenvalue weighted by atomic mass is 10.0. The van der Waals surface area contributed by atoms with E-state index in [9.17, 15) is 14.7 Å². The van der Waals surface area contributed by atoms with Crippen LogP contribution in [0.4, 0.5) is 0 Å². The number of aliphatic hydroxyl groups excluding tert-OH is 1. The number of fused-ring (bicyclic) bond motifs is 1. The first-order chi connectivity index (χ1) is 16.4. The van der Waals surface area contributed by atoms with E-state index in [0.717, 1.165) is 34.9 Å². The molecule has 1 aromatic carbocycles. The van der Waals surface area contributed by atoms with Gasteiger partial charge in [-0.1, -0.05) is 25.0 Å². The highest BCUT2D eigenvalue weighted by Gasteiger charge is 2.27. The monoisotopic (exact) mass is 470 g/mol. The number of H-pyrrole nitrogens is 1. The Morgan fingerprint density at radius 3 is 2.76 bits per heavy atom. The Kier molecular flexibility index (Phi) is 8.89. The standard InChI is InChI=1S/C24H34N6O4/c1-5-8-20(23-26-27-28-30(23)15-21(32)34-6-2)29(9-7-10-31)14-19-13-18-12-16(3)11-17(4)22(18)25-24(19)33/h11-13,20,31H,5-10,14-15H2,1-4H3,(H,25,33)/t20-/m0/s1. The molecule has 0 amide bonds. The molecule has 0 aliphatic carbocycles. The van der Waals surface area contributed by atoms with Gasteiger partial charge in [-0.15, -0.1) is 5.10 Å². The maximum atomic E-state index is 13.0. The molecule has 0 radical (unpaired) electrons. The number of aromatic amines is 1. The smallest absolute Gasteiger partial charge is 0.327 e. The van der Waals surface area contributed by atoms with Crippen LogP contribution in [0.2, 0.25) is 0 Å². The average molecular weight is 471 g/mol. The van der Waals surface area contributed by atoms with Crippen molar-refractivity contribution in [3.05, 3.63) is 51.1 Å². The summed E-state index contributed by atoms with van der Waals surface area (Å²) in [5.41, 5.74) is 3.47. The Labute approximate surface area is 198 Å². The molecule has 2 heterocycles. The third-order valence-electron chi connectivity index (χ3n) is 5.79. The highest BCUT2D eigenvalue weighted by atomic mass is 16.5. The van der Waals surface area contributed by atoms with Crippen molar-refractivity contribution in [2.45, 2.75) is 66.1 Å². The molecule has 10 heteroatoms. The summed E-state index contributed by atoms with van der Waals surface area (Å²) in [6.07, 6.45) is 2.10. The van der Waals surface area contributed by atoms with Gasteiger partial charge in [-0.25, -0.2) is 4.68 Å². The fourth-order valence-corrected chi connectivity index (χ4v) is 4.33. The number of esters is 1. The summed E-state index contributed by atoms with van der Waals surface area (Å²) in [5.74, 6) is 0.127. The van der Waals surface area contributed by atoms with Crippen molar-refractivity contribution in [3.63, 3.8) is 0 Å². The highest BCUT2D eigenvalue weighted by molar-refractivity contribution is 5.82. The van der Waals surface area contributed by atoms with Crippen LogP contribution in [0.3, 0.4) is 0 Å². The van der Waals surface area contributed by atoms with Crippen molar-refractivity contribution in [2.75, 3.05) is 19.8 Å². The molecule has 3 rings (SSSR count). The summed E-state index contributed by atoms with van der Waals surface area (Å²) < 4.78 is 6.52. The lowest BCUT2D eigenvalue weighted by Gasteiger charge is -2.30. The number of pyridine rings is 1. The molecule has 0 spiro atoms. The van der Waals surface area contributed by atoms with E-state index in [1.807, 2.05) is 26.0 Å². The topological polar surface area (TPSA) is 126 Å². The maximum absolute atomic E-state index is 13.0. The Bertz CT molecular complexity index is 1170. The number of aryl methyl sites for hydroxylation is 2. The summed E-state index contributed by atoms with van der Waals surface area (Å²) in [6.45, 7) is 8.94. The first-order valence-corrected chi connectivity index (χ1v) is 11.8. The zero-order chi connectivity index (χ0) is 24.7. The van der Waals surface area contributed by atoms with Crippen LogP contribution in [-0.2, 0) is 22.6 Å². The first-order valence-electron chi connectivity index (χ1n) is 11.8. The molecule has 34 heavy (non-hydrogen) atoms. The predicted molar refractivity (Wildman–Crippen MR) is 128 cm³/mol.